The molecule has 0 bridgehead atoms. The maximum atomic E-state index is 15.0. The van der Waals surface area contributed by atoms with Gasteiger partial charge in [0.05, 0.1) is 12.2 Å². The molecule has 1 aromatic rings. The molecule has 2 unspecified atom stereocenters. The summed E-state index contributed by atoms with van der Waals surface area (Å²) in [6.45, 7) is 4.54. The minimum absolute atomic E-state index is 0.144. The summed E-state index contributed by atoms with van der Waals surface area (Å²) in [4.78, 5) is 37.4. The smallest absolute Gasteiger partial charge is 0.338 e. The fraction of sp³-hybridized carbons (Fsp3) is 0.581. The number of carbonyl (C=O) groups excluding carboxylic acids is 2. The minimum atomic E-state index is -1.75. The maximum absolute atomic E-state index is 15.0. The van der Waals surface area contributed by atoms with E-state index in [-0.39, 0.29) is 24.2 Å². The number of carboxylic acid groups (broad SMARTS) is 1. The van der Waals surface area contributed by atoms with E-state index in [4.69, 9.17) is 9.47 Å². The van der Waals surface area contributed by atoms with Crippen LogP contribution in [0.1, 0.15) is 113 Å². The first-order valence-corrected chi connectivity index (χ1v) is 14.1. The van der Waals surface area contributed by atoms with Gasteiger partial charge < -0.3 is 14.6 Å². The Balaban J connectivity index is 2.19. The topological polar surface area (TPSA) is 89.9 Å². The number of rotatable bonds is 18. The van der Waals surface area contributed by atoms with E-state index in [0.717, 1.165) is 63.5 Å². The van der Waals surface area contributed by atoms with Gasteiger partial charge in [-0.05, 0) is 25.0 Å². The van der Waals surface area contributed by atoms with Gasteiger partial charge in [-0.1, -0.05) is 102 Å². The Kier molecular flexibility index (Phi) is 13.8. The monoisotopic (exact) mass is 530 g/mol. The van der Waals surface area contributed by atoms with E-state index in [9.17, 15) is 23.9 Å². The average molecular weight is 531 g/mol. The number of esters is 2. The van der Waals surface area contributed by atoms with E-state index in [0.29, 0.717) is 6.42 Å². The van der Waals surface area contributed by atoms with Crippen LogP contribution in [0.5, 0.6) is 0 Å². The van der Waals surface area contributed by atoms with Gasteiger partial charge in [0.15, 0.2) is 5.60 Å². The van der Waals surface area contributed by atoms with Crippen LogP contribution in [-0.4, -0.2) is 29.6 Å². The molecule has 0 fully saturated rings. The molecular weight excluding hydrogens is 487 g/mol. The predicted octanol–water partition coefficient (Wildman–Crippen LogP) is 7.82. The van der Waals surface area contributed by atoms with E-state index in [2.05, 4.69) is 13.8 Å². The number of carbonyl (C=O) groups is 3. The van der Waals surface area contributed by atoms with Crippen LogP contribution in [0.25, 0.3) is 0 Å². The fourth-order valence-electron chi connectivity index (χ4n) is 4.58. The van der Waals surface area contributed by atoms with Crippen molar-refractivity contribution in [2.45, 2.75) is 103 Å². The summed E-state index contributed by atoms with van der Waals surface area (Å²) in [5.74, 6) is -4.93. The average Bonchev–Trinajstić information content (AvgIpc) is 2.89. The highest BCUT2D eigenvalue weighted by molar-refractivity contribution is 5.92. The molecule has 2 atom stereocenters. The van der Waals surface area contributed by atoms with Crippen molar-refractivity contribution in [3.05, 3.63) is 59.4 Å². The lowest BCUT2D eigenvalue weighted by Gasteiger charge is -2.32. The number of hydrogen-bond acceptors (Lipinski definition) is 5. The largest absolute Gasteiger partial charge is 0.480 e. The predicted molar refractivity (Wildman–Crippen MR) is 145 cm³/mol. The summed E-state index contributed by atoms with van der Waals surface area (Å²) in [5, 5.41) is 9.36. The number of halogens is 1. The molecule has 1 aromatic carbocycles. The van der Waals surface area contributed by atoms with Crippen LogP contribution >= 0.6 is 0 Å². The Morgan fingerprint density at radius 1 is 0.895 bits per heavy atom. The fourth-order valence-corrected chi connectivity index (χ4v) is 4.58. The van der Waals surface area contributed by atoms with E-state index in [1.807, 2.05) is 0 Å². The zero-order valence-corrected chi connectivity index (χ0v) is 22.9. The highest BCUT2D eigenvalue weighted by Crippen LogP contribution is 2.39. The van der Waals surface area contributed by atoms with Gasteiger partial charge in [0, 0.05) is 18.1 Å². The van der Waals surface area contributed by atoms with Crippen molar-refractivity contribution in [1.29, 1.82) is 0 Å². The molecule has 6 nitrogen and oxygen atoms in total. The molecule has 0 heterocycles. The van der Waals surface area contributed by atoms with Crippen LogP contribution in [-0.2, 0) is 24.7 Å². The van der Waals surface area contributed by atoms with E-state index >= 15 is 0 Å². The second kappa shape index (κ2) is 16.8. The lowest BCUT2D eigenvalue weighted by Crippen LogP contribution is -2.34. The third kappa shape index (κ3) is 9.73. The third-order valence-corrected chi connectivity index (χ3v) is 6.77. The van der Waals surface area contributed by atoms with Crippen molar-refractivity contribution in [1.82, 2.24) is 0 Å². The minimum Gasteiger partial charge on any atom is -0.480 e. The van der Waals surface area contributed by atoms with Crippen LogP contribution in [0.4, 0.5) is 4.39 Å². The van der Waals surface area contributed by atoms with Crippen molar-refractivity contribution < 1.29 is 33.4 Å². The van der Waals surface area contributed by atoms with Gasteiger partial charge in [0.2, 0.25) is 0 Å². The highest BCUT2D eigenvalue weighted by atomic mass is 19.1. The zero-order chi connectivity index (χ0) is 27.8. The molecule has 0 amide bonds. The zero-order valence-electron chi connectivity index (χ0n) is 22.9. The van der Waals surface area contributed by atoms with Crippen LogP contribution in [0.15, 0.2) is 48.3 Å². The summed E-state index contributed by atoms with van der Waals surface area (Å²) >= 11 is 0. The van der Waals surface area contributed by atoms with Crippen molar-refractivity contribution in [2.24, 2.45) is 5.92 Å². The molecule has 0 aromatic heterocycles. The molecule has 1 N–H and O–H groups in total. The summed E-state index contributed by atoms with van der Waals surface area (Å²) in [7, 11) is 0. The van der Waals surface area contributed by atoms with Crippen molar-refractivity contribution in [2.75, 3.05) is 6.61 Å². The molecule has 0 spiro atoms. The highest BCUT2D eigenvalue weighted by Gasteiger charge is 2.41. The Hall–Kier alpha value is -2.96. The summed E-state index contributed by atoms with van der Waals surface area (Å²) in [6.07, 6.45) is 15.9. The van der Waals surface area contributed by atoms with E-state index in [1.54, 1.807) is 24.3 Å². The van der Waals surface area contributed by atoms with Crippen molar-refractivity contribution >= 4 is 17.9 Å². The van der Waals surface area contributed by atoms with Crippen LogP contribution in [0.2, 0.25) is 0 Å². The molecule has 7 heteroatoms. The molecule has 1 aliphatic carbocycles. The van der Waals surface area contributed by atoms with Crippen LogP contribution in [0.3, 0.4) is 0 Å². The lowest BCUT2D eigenvalue weighted by molar-refractivity contribution is -0.152. The molecule has 38 heavy (non-hydrogen) atoms. The van der Waals surface area contributed by atoms with Crippen LogP contribution < -0.4 is 0 Å². The first-order chi connectivity index (χ1) is 18.3. The molecule has 1 aliphatic rings. The SMILES string of the molecule is CCCCCCCCCC(=O)OC1(c2ccccc2C(=O)OCCCCCCC)C=CC(C(=O)O)C(F)=C1. The first kappa shape index (κ1) is 31.3. The van der Waals surface area contributed by atoms with Gasteiger partial charge >= 0.3 is 17.9 Å². The second-order valence-electron chi connectivity index (χ2n) is 9.94. The van der Waals surface area contributed by atoms with Gasteiger partial charge in [0.25, 0.3) is 0 Å². The summed E-state index contributed by atoms with van der Waals surface area (Å²) < 4.78 is 26.3. The molecule has 210 valence electrons. The van der Waals surface area contributed by atoms with Gasteiger partial charge in [-0.25, -0.2) is 9.18 Å². The Labute approximate surface area is 226 Å². The second-order valence-corrected chi connectivity index (χ2v) is 9.94. The molecule has 0 radical (unpaired) electrons. The van der Waals surface area contributed by atoms with Gasteiger partial charge in [0.1, 0.15) is 11.7 Å². The molecular formula is C31H43FO6. The summed E-state index contributed by atoms with van der Waals surface area (Å²) in [6, 6.07) is 6.44. The Morgan fingerprint density at radius 3 is 2.13 bits per heavy atom. The molecule has 0 aliphatic heterocycles. The van der Waals surface area contributed by atoms with E-state index < -0.39 is 35.3 Å². The third-order valence-electron chi connectivity index (χ3n) is 6.77. The molecule has 2 rings (SSSR count). The lowest BCUT2D eigenvalue weighted by atomic mass is 9.83. The Morgan fingerprint density at radius 2 is 1.50 bits per heavy atom. The number of hydrogen-bond donors (Lipinski definition) is 1. The van der Waals surface area contributed by atoms with Crippen molar-refractivity contribution in [3.63, 3.8) is 0 Å². The number of aliphatic carboxylic acids is 1. The normalized spacial score (nSPS) is 18.6. The summed E-state index contributed by atoms with van der Waals surface area (Å²) in [5.41, 5.74) is -1.36. The first-order valence-electron chi connectivity index (χ1n) is 14.1. The van der Waals surface area contributed by atoms with E-state index in [1.165, 1.54) is 25.3 Å². The maximum Gasteiger partial charge on any atom is 0.338 e. The van der Waals surface area contributed by atoms with Gasteiger partial charge in [-0.15, -0.1) is 0 Å². The van der Waals surface area contributed by atoms with Gasteiger partial charge in [-0.2, -0.15) is 0 Å². The van der Waals surface area contributed by atoms with Crippen LogP contribution in [0, 0.1) is 5.92 Å². The Bertz CT molecular complexity index is 969. The standard InChI is InChI=1S/C31H43FO6/c1-3-5-7-9-10-11-13-19-28(33)38-31(21-20-25(29(34)35)27(32)23-31)26-18-15-14-17-24(26)30(36)37-22-16-12-8-6-4-2/h14-15,17-18,20-21,23,25H,3-13,16,19,22H2,1-2H3,(H,34,35). The number of ether oxygens (including phenoxy) is 2. The quantitative estimate of drug-likeness (QED) is 0.118. The van der Waals surface area contributed by atoms with Crippen molar-refractivity contribution in [3.8, 4) is 0 Å². The number of benzene rings is 1. The van der Waals surface area contributed by atoms with Gasteiger partial charge in [-0.3, -0.25) is 9.59 Å². The molecule has 0 saturated carbocycles. The number of unbranched alkanes of at least 4 members (excludes halogenated alkanes) is 10. The molecule has 0 saturated heterocycles. The number of carboxylic acids is 1.